The Labute approximate surface area is 80.5 Å². The summed E-state index contributed by atoms with van der Waals surface area (Å²) in [5.41, 5.74) is 0.678. The second-order valence-electron chi connectivity index (χ2n) is 3.58. The molecule has 0 radical (unpaired) electrons. The van der Waals surface area contributed by atoms with Crippen molar-refractivity contribution < 1.29 is 4.39 Å². The molecule has 0 aliphatic heterocycles. The van der Waals surface area contributed by atoms with Crippen LogP contribution in [-0.2, 0) is 0 Å². The van der Waals surface area contributed by atoms with E-state index >= 15 is 0 Å². The van der Waals surface area contributed by atoms with Gasteiger partial charge in [0, 0.05) is 0 Å². The quantitative estimate of drug-likeness (QED) is 0.654. The van der Waals surface area contributed by atoms with Crippen LogP contribution in [0.3, 0.4) is 0 Å². The summed E-state index contributed by atoms with van der Waals surface area (Å²) in [6.07, 6.45) is 0. The summed E-state index contributed by atoms with van der Waals surface area (Å²) in [5.74, 6) is -0.170. The molecule has 0 aliphatic carbocycles. The zero-order chi connectivity index (χ0) is 9.35. The minimum atomic E-state index is -0.170. The molecule has 0 bridgehead atoms. The van der Waals surface area contributed by atoms with Gasteiger partial charge in [-0.25, -0.2) is 4.39 Å². The van der Waals surface area contributed by atoms with Crippen LogP contribution in [0.15, 0.2) is 22.7 Å². The molecule has 1 rings (SSSR count). The third kappa shape index (κ3) is 1.84. The Hall–Kier alpha value is -0.410. The Morgan fingerprint density at radius 1 is 1.25 bits per heavy atom. The van der Waals surface area contributed by atoms with Gasteiger partial charge in [-0.2, -0.15) is 0 Å². The van der Waals surface area contributed by atoms with E-state index in [4.69, 9.17) is 0 Å². The average Bonchev–Trinajstić information content (AvgIpc) is 1.82. The van der Waals surface area contributed by atoms with E-state index in [0.29, 0.717) is 10.2 Å². The highest BCUT2D eigenvalue weighted by atomic mass is 79.9. The molecule has 66 valence electrons. The molecule has 0 spiro atoms. The molecule has 0 saturated carbocycles. The van der Waals surface area contributed by atoms with Gasteiger partial charge in [0.15, 0.2) is 11.5 Å². The Balaban J connectivity index is 3.31. The maximum Gasteiger partial charge on any atom is 0.185 e. The third-order valence-corrected chi connectivity index (χ3v) is 2.25. The second-order valence-corrected chi connectivity index (χ2v) is 4.44. The summed E-state index contributed by atoms with van der Waals surface area (Å²) in [6.45, 7) is 0. The van der Waals surface area contributed by atoms with Crippen molar-refractivity contribution in [2.45, 2.75) is 0 Å². The van der Waals surface area contributed by atoms with Gasteiger partial charge in [0.2, 0.25) is 0 Å². The lowest BCUT2D eigenvalue weighted by atomic mass is 10.2. The fourth-order valence-electron chi connectivity index (χ4n) is 1.13. The first-order valence-corrected chi connectivity index (χ1v) is 4.48. The SMILES string of the molecule is C[N+](C)(C)c1c(F)cccc1Br. The number of hydrogen-bond donors (Lipinski definition) is 0. The Bertz CT molecular complexity index is 271. The van der Waals surface area contributed by atoms with E-state index in [2.05, 4.69) is 15.9 Å². The molecule has 0 aromatic heterocycles. The largest absolute Gasteiger partial charge is 0.295 e. The molecule has 0 aliphatic rings. The van der Waals surface area contributed by atoms with Gasteiger partial charge in [0.05, 0.1) is 25.6 Å². The van der Waals surface area contributed by atoms with Crippen molar-refractivity contribution in [3.63, 3.8) is 0 Å². The molecule has 0 atom stereocenters. The number of hydrogen-bond acceptors (Lipinski definition) is 0. The Kier molecular flexibility index (Phi) is 2.54. The molecule has 3 heteroatoms. The van der Waals surface area contributed by atoms with E-state index < -0.39 is 0 Å². The Morgan fingerprint density at radius 2 is 1.83 bits per heavy atom. The van der Waals surface area contributed by atoms with Gasteiger partial charge in [-0.15, -0.1) is 0 Å². The molecule has 0 N–H and O–H groups in total. The molecule has 12 heavy (non-hydrogen) atoms. The number of benzene rings is 1. The molecular weight excluding hydrogens is 221 g/mol. The predicted octanol–water partition coefficient (Wildman–Crippen LogP) is 2.78. The minimum Gasteiger partial charge on any atom is -0.295 e. The first kappa shape index (κ1) is 9.68. The van der Waals surface area contributed by atoms with E-state index in [1.54, 1.807) is 6.07 Å². The van der Waals surface area contributed by atoms with E-state index in [1.165, 1.54) is 6.07 Å². The van der Waals surface area contributed by atoms with Crippen LogP contribution in [0.25, 0.3) is 0 Å². The topological polar surface area (TPSA) is 0 Å². The molecule has 1 nitrogen and oxygen atoms in total. The molecular formula is C9H12BrFN+. The zero-order valence-corrected chi connectivity index (χ0v) is 9.02. The summed E-state index contributed by atoms with van der Waals surface area (Å²) in [5, 5.41) is 0. The van der Waals surface area contributed by atoms with Gasteiger partial charge < -0.3 is 0 Å². The van der Waals surface area contributed by atoms with Gasteiger partial charge in [-0.1, -0.05) is 6.07 Å². The monoisotopic (exact) mass is 232 g/mol. The highest BCUT2D eigenvalue weighted by Gasteiger charge is 2.20. The first-order valence-electron chi connectivity index (χ1n) is 3.69. The lowest BCUT2D eigenvalue weighted by Gasteiger charge is -2.24. The van der Waals surface area contributed by atoms with Crippen molar-refractivity contribution in [1.82, 2.24) is 4.48 Å². The predicted molar refractivity (Wildman–Crippen MR) is 53.7 cm³/mol. The maximum absolute atomic E-state index is 13.3. The zero-order valence-electron chi connectivity index (χ0n) is 7.44. The van der Waals surface area contributed by atoms with Crippen molar-refractivity contribution in [2.24, 2.45) is 0 Å². The smallest absolute Gasteiger partial charge is 0.185 e. The fraction of sp³-hybridized carbons (Fsp3) is 0.333. The summed E-state index contributed by atoms with van der Waals surface area (Å²) >= 11 is 3.33. The fourth-order valence-corrected chi connectivity index (χ4v) is 2.00. The molecule has 1 aromatic rings. The average molecular weight is 233 g/mol. The van der Waals surface area contributed by atoms with Crippen molar-refractivity contribution in [2.75, 3.05) is 21.1 Å². The van der Waals surface area contributed by atoms with Gasteiger partial charge in [0.25, 0.3) is 0 Å². The standard InChI is InChI=1S/C9H12BrFN/c1-12(2,3)9-7(10)5-4-6-8(9)11/h4-6H,1-3H3/q+1. The third-order valence-electron chi connectivity index (χ3n) is 1.61. The first-order chi connectivity index (χ1) is 5.43. The molecule has 1 aromatic carbocycles. The van der Waals surface area contributed by atoms with Gasteiger partial charge in [0.1, 0.15) is 0 Å². The van der Waals surface area contributed by atoms with Crippen LogP contribution in [-0.4, -0.2) is 21.1 Å². The van der Waals surface area contributed by atoms with Crippen LogP contribution < -0.4 is 4.48 Å². The van der Waals surface area contributed by atoms with Crippen molar-refractivity contribution in [1.29, 1.82) is 0 Å². The number of quaternary nitrogens is 1. The molecule has 0 fully saturated rings. The van der Waals surface area contributed by atoms with Gasteiger partial charge in [-0.3, -0.25) is 4.48 Å². The summed E-state index contributed by atoms with van der Waals surface area (Å²) < 4.78 is 14.6. The number of rotatable bonds is 1. The van der Waals surface area contributed by atoms with Crippen LogP contribution in [0.4, 0.5) is 10.1 Å². The van der Waals surface area contributed by atoms with E-state index in [0.717, 1.165) is 4.47 Å². The highest BCUT2D eigenvalue weighted by Crippen LogP contribution is 2.30. The minimum absolute atomic E-state index is 0.170. The van der Waals surface area contributed by atoms with Gasteiger partial charge >= 0.3 is 0 Å². The van der Waals surface area contributed by atoms with Gasteiger partial charge in [-0.05, 0) is 28.1 Å². The second kappa shape index (κ2) is 3.15. The van der Waals surface area contributed by atoms with Crippen LogP contribution in [0, 0.1) is 5.82 Å². The molecule has 0 unspecified atom stereocenters. The normalized spacial score (nSPS) is 11.8. The van der Waals surface area contributed by atoms with Crippen LogP contribution in [0.2, 0.25) is 0 Å². The van der Waals surface area contributed by atoms with Crippen LogP contribution >= 0.6 is 15.9 Å². The van der Waals surface area contributed by atoms with Crippen molar-refractivity contribution in [3.05, 3.63) is 28.5 Å². The van der Waals surface area contributed by atoms with Crippen LogP contribution in [0.1, 0.15) is 0 Å². The lowest BCUT2D eigenvalue weighted by molar-refractivity contribution is 0.455. The maximum atomic E-state index is 13.3. The lowest BCUT2D eigenvalue weighted by Crippen LogP contribution is -2.36. The van der Waals surface area contributed by atoms with Crippen molar-refractivity contribution >= 4 is 21.6 Å². The summed E-state index contributed by atoms with van der Waals surface area (Å²) in [7, 11) is 5.80. The van der Waals surface area contributed by atoms with E-state index in [-0.39, 0.29) is 5.82 Å². The molecule has 0 saturated heterocycles. The van der Waals surface area contributed by atoms with Crippen LogP contribution in [0.5, 0.6) is 0 Å². The van der Waals surface area contributed by atoms with E-state index in [1.807, 2.05) is 27.2 Å². The molecule has 0 amide bonds. The number of nitrogens with zero attached hydrogens (tertiary/aromatic N) is 1. The highest BCUT2D eigenvalue weighted by molar-refractivity contribution is 9.10. The Morgan fingerprint density at radius 3 is 2.17 bits per heavy atom. The molecule has 0 heterocycles. The number of halogens is 2. The summed E-state index contributed by atoms with van der Waals surface area (Å²) in [6, 6.07) is 5.02. The number of para-hydroxylation sites is 1. The van der Waals surface area contributed by atoms with E-state index in [9.17, 15) is 4.39 Å². The summed E-state index contributed by atoms with van der Waals surface area (Å²) in [4.78, 5) is 0. The van der Waals surface area contributed by atoms with Crippen molar-refractivity contribution in [3.8, 4) is 0 Å².